The van der Waals surface area contributed by atoms with Crippen molar-refractivity contribution in [3.63, 3.8) is 0 Å². The topological polar surface area (TPSA) is 20.3 Å². The molecule has 0 aromatic rings. The van der Waals surface area contributed by atoms with Gasteiger partial charge in [-0.1, -0.05) is 38.5 Å². The summed E-state index contributed by atoms with van der Waals surface area (Å²) in [6.45, 7) is 3.40. The minimum Gasteiger partial charge on any atom is -0.331 e. The first-order valence-electron chi connectivity index (χ1n) is 7.98. The molecule has 0 aromatic heterocycles. The minimum atomic E-state index is 0.249. The molecule has 2 aliphatic carbocycles. The zero-order valence-corrected chi connectivity index (χ0v) is 12.2. The Balaban J connectivity index is 1.93. The molecule has 2 rings (SSSR count). The van der Waals surface area contributed by atoms with Crippen molar-refractivity contribution in [2.45, 2.75) is 58.3 Å². The summed E-state index contributed by atoms with van der Waals surface area (Å²) in [5.74, 6) is 4.92. The quantitative estimate of drug-likeness (QED) is 0.710. The van der Waals surface area contributed by atoms with Crippen LogP contribution in [0.2, 0.25) is 0 Å². The molecule has 0 aromatic carbocycles. The molecule has 106 valence electrons. The largest absolute Gasteiger partial charge is 0.331 e. The normalized spacial score (nSPS) is 30.2. The average molecular weight is 261 g/mol. The summed E-state index contributed by atoms with van der Waals surface area (Å²) in [6, 6.07) is 0. The standard InChI is InChI=1S/C17H27NO/c1-3-11-18(12-4-2)17(19)16-10-9-14-7-5-6-8-15(14)13-16/h1,14-16H,4-13H2,2H3. The van der Waals surface area contributed by atoms with Gasteiger partial charge in [-0.15, -0.1) is 6.42 Å². The first-order chi connectivity index (χ1) is 9.26. The van der Waals surface area contributed by atoms with E-state index in [1.807, 2.05) is 4.90 Å². The van der Waals surface area contributed by atoms with Crippen LogP contribution >= 0.6 is 0 Å². The lowest BCUT2D eigenvalue weighted by atomic mass is 9.67. The van der Waals surface area contributed by atoms with Gasteiger partial charge in [0, 0.05) is 12.5 Å². The Labute approximate surface area is 117 Å². The van der Waals surface area contributed by atoms with E-state index in [4.69, 9.17) is 6.42 Å². The third-order valence-electron chi connectivity index (χ3n) is 4.98. The number of nitrogens with zero attached hydrogens (tertiary/aromatic N) is 1. The minimum absolute atomic E-state index is 0.249. The lowest BCUT2D eigenvalue weighted by Gasteiger charge is -2.40. The van der Waals surface area contributed by atoms with Gasteiger partial charge in [0.1, 0.15) is 0 Å². The van der Waals surface area contributed by atoms with Gasteiger partial charge >= 0.3 is 0 Å². The molecule has 0 bridgehead atoms. The van der Waals surface area contributed by atoms with Gasteiger partial charge < -0.3 is 4.90 Å². The second kappa shape index (κ2) is 6.98. The van der Waals surface area contributed by atoms with Crippen LogP contribution in [0.3, 0.4) is 0 Å². The Morgan fingerprint density at radius 2 is 1.95 bits per heavy atom. The van der Waals surface area contributed by atoms with E-state index in [0.717, 1.165) is 37.6 Å². The summed E-state index contributed by atoms with van der Waals surface area (Å²) in [7, 11) is 0. The third kappa shape index (κ3) is 3.53. The molecule has 2 aliphatic rings. The van der Waals surface area contributed by atoms with E-state index in [0.29, 0.717) is 12.5 Å². The summed E-state index contributed by atoms with van der Waals surface area (Å²) in [6.07, 6.45) is 15.4. The van der Waals surface area contributed by atoms with Crippen molar-refractivity contribution < 1.29 is 4.79 Å². The van der Waals surface area contributed by atoms with E-state index >= 15 is 0 Å². The van der Waals surface area contributed by atoms with Gasteiger partial charge in [0.2, 0.25) is 5.91 Å². The second-order valence-electron chi connectivity index (χ2n) is 6.28. The van der Waals surface area contributed by atoms with Crippen LogP contribution in [-0.4, -0.2) is 23.9 Å². The van der Waals surface area contributed by atoms with Crippen LogP contribution in [0.15, 0.2) is 0 Å². The summed E-state index contributed by atoms with van der Waals surface area (Å²) < 4.78 is 0. The summed E-state index contributed by atoms with van der Waals surface area (Å²) in [5.41, 5.74) is 0. The van der Waals surface area contributed by atoms with Crippen molar-refractivity contribution in [1.82, 2.24) is 4.90 Å². The molecule has 0 aliphatic heterocycles. The van der Waals surface area contributed by atoms with Crippen LogP contribution in [0, 0.1) is 30.1 Å². The first-order valence-corrected chi connectivity index (χ1v) is 7.98. The fourth-order valence-electron chi connectivity index (χ4n) is 4.00. The highest BCUT2D eigenvalue weighted by Gasteiger charge is 2.36. The summed E-state index contributed by atoms with van der Waals surface area (Å²) in [5, 5.41) is 0. The number of rotatable bonds is 4. The van der Waals surface area contributed by atoms with E-state index in [2.05, 4.69) is 12.8 Å². The zero-order chi connectivity index (χ0) is 13.7. The Morgan fingerprint density at radius 1 is 1.21 bits per heavy atom. The number of carbonyl (C=O) groups excluding carboxylic acids is 1. The van der Waals surface area contributed by atoms with E-state index < -0.39 is 0 Å². The second-order valence-corrected chi connectivity index (χ2v) is 6.28. The highest BCUT2D eigenvalue weighted by molar-refractivity contribution is 5.79. The van der Waals surface area contributed by atoms with Crippen LogP contribution < -0.4 is 0 Å². The highest BCUT2D eigenvalue weighted by atomic mass is 16.2. The number of fused-ring (bicyclic) bond motifs is 1. The number of hydrogen-bond donors (Lipinski definition) is 0. The summed E-state index contributed by atoms with van der Waals surface area (Å²) >= 11 is 0. The predicted octanol–water partition coefficient (Wildman–Crippen LogP) is 3.46. The van der Waals surface area contributed by atoms with Crippen LogP contribution in [0.4, 0.5) is 0 Å². The van der Waals surface area contributed by atoms with Crippen molar-refractivity contribution >= 4 is 5.91 Å². The average Bonchev–Trinajstić information content (AvgIpc) is 2.46. The Bertz CT molecular complexity index is 344. The van der Waals surface area contributed by atoms with E-state index in [9.17, 15) is 4.79 Å². The van der Waals surface area contributed by atoms with Crippen molar-refractivity contribution in [3.05, 3.63) is 0 Å². The molecule has 0 saturated heterocycles. The Kier molecular flexibility index (Phi) is 5.31. The molecule has 2 nitrogen and oxygen atoms in total. The summed E-state index contributed by atoms with van der Waals surface area (Å²) in [4.78, 5) is 14.5. The molecule has 3 atom stereocenters. The maximum atomic E-state index is 12.6. The number of carbonyl (C=O) groups is 1. The third-order valence-corrected chi connectivity index (χ3v) is 4.98. The lowest BCUT2D eigenvalue weighted by molar-refractivity contribution is -0.137. The van der Waals surface area contributed by atoms with Crippen molar-refractivity contribution in [1.29, 1.82) is 0 Å². The molecular formula is C17H27NO. The lowest BCUT2D eigenvalue weighted by Crippen LogP contribution is -2.40. The molecule has 2 saturated carbocycles. The first kappa shape index (κ1) is 14.4. The fourth-order valence-corrected chi connectivity index (χ4v) is 4.00. The van der Waals surface area contributed by atoms with E-state index in [1.54, 1.807) is 0 Å². The van der Waals surface area contributed by atoms with Gasteiger partial charge in [0.15, 0.2) is 0 Å². The molecule has 19 heavy (non-hydrogen) atoms. The van der Waals surface area contributed by atoms with Gasteiger partial charge in [-0.3, -0.25) is 4.79 Å². The molecule has 0 N–H and O–H groups in total. The monoisotopic (exact) mass is 261 g/mol. The van der Waals surface area contributed by atoms with Crippen molar-refractivity contribution in [3.8, 4) is 12.3 Å². The molecule has 2 fully saturated rings. The molecule has 1 amide bonds. The zero-order valence-electron chi connectivity index (χ0n) is 12.2. The molecule has 3 unspecified atom stereocenters. The van der Waals surface area contributed by atoms with Gasteiger partial charge in [-0.05, 0) is 37.5 Å². The van der Waals surface area contributed by atoms with Crippen LogP contribution in [0.1, 0.15) is 58.3 Å². The molecule has 0 heterocycles. The number of hydrogen-bond acceptors (Lipinski definition) is 1. The number of terminal acetylenes is 1. The van der Waals surface area contributed by atoms with Crippen molar-refractivity contribution in [2.75, 3.05) is 13.1 Å². The van der Waals surface area contributed by atoms with Crippen LogP contribution in [0.25, 0.3) is 0 Å². The molecular weight excluding hydrogens is 234 g/mol. The predicted molar refractivity (Wildman–Crippen MR) is 78.5 cm³/mol. The Hall–Kier alpha value is -0.970. The Morgan fingerprint density at radius 3 is 2.63 bits per heavy atom. The highest BCUT2D eigenvalue weighted by Crippen LogP contribution is 2.43. The maximum absolute atomic E-state index is 12.6. The van der Waals surface area contributed by atoms with E-state index in [1.165, 1.54) is 32.1 Å². The van der Waals surface area contributed by atoms with Gasteiger partial charge in [-0.25, -0.2) is 0 Å². The van der Waals surface area contributed by atoms with E-state index in [-0.39, 0.29) is 5.92 Å². The SMILES string of the molecule is C#CCN(CCC)C(=O)C1CCC2CCCCC2C1. The van der Waals surface area contributed by atoms with Gasteiger partial charge in [-0.2, -0.15) is 0 Å². The van der Waals surface area contributed by atoms with Gasteiger partial charge in [0.25, 0.3) is 0 Å². The van der Waals surface area contributed by atoms with Gasteiger partial charge in [0.05, 0.1) is 6.54 Å². The van der Waals surface area contributed by atoms with Crippen molar-refractivity contribution in [2.24, 2.45) is 17.8 Å². The fraction of sp³-hybridized carbons (Fsp3) is 0.824. The number of amides is 1. The van der Waals surface area contributed by atoms with Crippen LogP contribution in [0.5, 0.6) is 0 Å². The maximum Gasteiger partial charge on any atom is 0.226 e. The molecule has 2 heteroatoms. The van der Waals surface area contributed by atoms with Crippen LogP contribution in [-0.2, 0) is 4.79 Å². The molecule has 0 spiro atoms. The molecule has 0 radical (unpaired) electrons. The smallest absolute Gasteiger partial charge is 0.226 e.